The first-order valence-corrected chi connectivity index (χ1v) is 11.6. The third-order valence-corrected chi connectivity index (χ3v) is 7.34. The maximum absolute atomic E-state index is 13.0. The van der Waals surface area contributed by atoms with Crippen LogP contribution in [-0.2, 0) is 22.4 Å². The molecular weight excluding hydrogens is 416 g/mol. The van der Waals surface area contributed by atoms with Gasteiger partial charge in [-0.15, -0.1) is 22.7 Å². The number of hydrogen-bond acceptors (Lipinski definition) is 6. The normalized spacial score (nSPS) is 15.8. The summed E-state index contributed by atoms with van der Waals surface area (Å²) in [5.74, 6) is -0.408. The fraction of sp³-hybridized carbons (Fsp3) is 0.273. The number of carbonyl (C=O) groups excluding carboxylic acids is 2. The Labute approximate surface area is 182 Å². The molecule has 152 valence electrons. The van der Waals surface area contributed by atoms with E-state index >= 15 is 0 Å². The smallest absolute Gasteiger partial charge is 0.249 e. The highest BCUT2D eigenvalue weighted by Gasteiger charge is 2.33. The number of carbonyl (C=O) groups is 2. The molecule has 30 heavy (non-hydrogen) atoms. The van der Waals surface area contributed by atoms with Crippen LogP contribution in [0.2, 0.25) is 0 Å². The molecule has 5 rings (SSSR count). The third kappa shape index (κ3) is 3.57. The summed E-state index contributed by atoms with van der Waals surface area (Å²) in [7, 11) is 0. The van der Waals surface area contributed by atoms with Crippen LogP contribution >= 0.6 is 22.7 Å². The van der Waals surface area contributed by atoms with Crippen molar-refractivity contribution < 1.29 is 9.59 Å². The molecule has 0 radical (unpaired) electrons. The largest absolute Gasteiger partial charge is 0.300 e. The minimum Gasteiger partial charge on any atom is -0.300 e. The maximum Gasteiger partial charge on any atom is 0.249 e. The summed E-state index contributed by atoms with van der Waals surface area (Å²) in [5, 5.41) is 5.98. The standard InChI is InChI=1S/C22H20N4O2S2/c27-17(25-22-23-10-11-29-22)13-26-18(28)12-24-20(14-6-2-1-3-7-14)19-15-8-4-5-9-16(15)30-21(19)26/h1-3,6-7,10-11H,4-5,8-9,12-13H2,(H,23,25,27). The number of fused-ring (bicyclic) bond motifs is 3. The number of nitrogens with one attached hydrogen (secondary N) is 1. The van der Waals surface area contributed by atoms with Gasteiger partial charge in [0.15, 0.2) is 5.13 Å². The number of amides is 2. The molecule has 0 unspecified atom stereocenters. The summed E-state index contributed by atoms with van der Waals surface area (Å²) in [4.78, 5) is 37.5. The van der Waals surface area contributed by atoms with E-state index in [0.29, 0.717) is 5.13 Å². The van der Waals surface area contributed by atoms with Gasteiger partial charge in [-0.05, 0) is 31.2 Å². The number of aromatic nitrogens is 1. The van der Waals surface area contributed by atoms with Crippen molar-refractivity contribution >= 4 is 50.3 Å². The number of benzene rings is 1. The van der Waals surface area contributed by atoms with E-state index in [4.69, 9.17) is 4.99 Å². The first-order chi connectivity index (χ1) is 14.7. The molecule has 0 atom stereocenters. The number of aliphatic imine (C=N–C) groups is 1. The van der Waals surface area contributed by atoms with Crippen molar-refractivity contribution in [3.63, 3.8) is 0 Å². The van der Waals surface area contributed by atoms with Crippen LogP contribution in [0, 0.1) is 0 Å². The van der Waals surface area contributed by atoms with E-state index in [1.54, 1.807) is 27.8 Å². The Morgan fingerprint density at radius 1 is 1.17 bits per heavy atom. The molecule has 0 bridgehead atoms. The fourth-order valence-corrected chi connectivity index (χ4v) is 5.94. The molecule has 2 aliphatic rings. The van der Waals surface area contributed by atoms with Crippen molar-refractivity contribution in [2.45, 2.75) is 25.7 Å². The topological polar surface area (TPSA) is 74.7 Å². The van der Waals surface area contributed by atoms with E-state index in [-0.39, 0.29) is 24.9 Å². The number of nitrogens with zero attached hydrogens (tertiary/aromatic N) is 3. The van der Waals surface area contributed by atoms with Gasteiger partial charge in [0.2, 0.25) is 11.8 Å². The van der Waals surface area contributed by atoms with Gasteiger partial charge in [-0.25, -0.2) is 4.98 Å². The van der Waals surface area contributed by atoms with E-state index in [9.17, 15) is 9.59 Å². The molecule has 6 nitrogen and oxygen atoms in total. The van der Waals surface area contributed by atoms with Gasteiger partial charge >= 0.3 is 0 Å². The number of thiazole rings is 1. The van der Waals surface area contributed by atoms with Gasteiger partial charge in [-0.3, -0.25) is 19.5 Å². The molecular formula is C22H20N4O2S2. The first-order valence-electron chi connectivity index (χ1n) is 9.95. The lowest BCUT2D eigenvalue weighted by molar-refractivity contribution is -0.120. The quantitative estimate of drug-likeness (QED) is 0.674. The fourth-order valence-electron chi connectivity index (χ4n) is 3.99. The predicted molar refractivity (Wildman–Crippen MR) is 121 cm³/mol. The van der Waals surface area contributed by atoms with Crippen LogP contribution in [0.4, 0.5) is 10.1 Å². The number of hydrogen-bond donors (Lipinski definition) is 1. The average Bonchev–Trinajstić information content (AvgIpc) is 3.38. The summed E-state index contributed by atoms with van der Waals surface area (Å²) in [6, 6.07) is 10.0. The predicted octanol–water partition coefficient (Wildman–Crippen LogP) is 3.91. The molecule has 0 fully saturated rings. The van der Waals surface area contributed by atoms with Crippen LogP contribution in [0.25, 0.3) is 0 Å². The number of rotatable bonds is 4. The molecule has 0 saturated heterocycles. The summed E-state index contributed by atoms with van der Waals surface area (Å²) in [5.41, 5.74) is 4.20. The van der Waals surface area contributed by atoms with E-state index in [0.717, 1.165) is 47.5 Å². The van der Waals surface area contributed by atoms with Crippen molar-refractivity contribution in [1.82, 2.24) is 4.98 Å². The van der Waals surface area contributed by atoms with Crippen LogP contribution in [0.5, 0.6) is 0 Å². The maximum atomic E-state index is 13.0. The second-order valence-electron chi connectivity index (χ2n) is 7.29. The molecule has 2 aromatic heterocycles. The van der Waals surface area contributed by atoms with Gasteiger partial charge in [-0.2, -0.15) is 0 Å². The van der Waals surface area contributed by atoms with Crippen molar-refractivity contribution in [1.29, 1.82) is 0 Å². The molecule has 1 N–H and O–H groups in total. The third-order valence-electron chi connectivity index (χ3n) is 5.34. The molecule has 1 aliphatic heterocycles. The van der Waals surface area contributed by atoms with Crippen molar-refractivity contribution in [3.05, 3.63) is 63.5 Å². The zero-order chi connectivity index (χ0) is 20.5. The zero-order valence-electron chi connectivity index (χ0n) is 16.3. The molecule has 0 saturated carbocycles. The van der Waals surface area contributed by atoms with E-state index in [1.807, 2.05) is 30.3 Å². The number of aryl methyl sites for hydroxylation is 1. The summed E-state index contributed by atoms with van der Waals surface area (Å²) in [6.07, 6.45) is 5.94. The lowest BCUT2D eigenvalue weighted by Gasteiger charge is -2.20. The molecule has 1 aliphatic carbocycles. The molecule has 1 aromatic carbocycles. The van der Waals surface area contributed by atoms with Gasteiger partial charge in [-0.1, -0.05) is 30.3 Å². The minimum absolute atomic E-state index is 0.0327. The van der Waals surface area contributed by atoms with Gasteiger partial charge in [0.05, 0.1) is 5.71 Å². The first kappa shape index (κ1) is 19.1. The second kappa shape index (κ2) is 8.12. The second-order valence-corrected chi connectivity index (χ2v) is 9.27. The summed E-state index contributed by atoms with van der Waals surface area (Å²) < 4.78 is 0. The van der Waals surface area contributed by atoms with Crippen LogP contribution in [0.1, 0.15) is 34.4 Å². The lowest BCUT2D eigenvalue weighted by atomic mass is 9.91. The molecule has 8 heteroatoms. The minimum atomic E-state index is -0.251. The van der Waals surface area contributed by atoms with Crippen molar-refractivity contribution in [3.8, 4) is 0 Å². The summed E-state index contributed by atoms with van der Waals surface area (Å²) >= 11 is 3.00. The van der Waals surface area contributed by atoms with Gasteiger partial charge in [0, 0.05) is 27.6 Å². The molecule has 3 heterocycles. The highest BCUT2D eigenvalue weighted by molar-refractivity contribution is 7.17. The Kier molecular flexibility index (Phi) is 5.18. The van der Waals surface area contributed by atoms with Crippen LogP contribution in [-0.4, -0.2) is 35.6 Å². The van der Waals surface area contributed by atoms with Crippen molar-refractivity contribution in [2.24, 2.45) is 4.99 Å². The van der Waals surface area contributed by atoms with Gasteiger partial charge < -0.3 is 5.32 Å². The van der Waals surface area contributed by atoms with Gasteiger partial charge in [0.25, 0.3) is 0 Å². The molecule has 3 aromatic rings. The summed E-state index contributed by atoms with van der Waals surface area (Å²) in [6.45, 7) is -0.00662. The SMILES string of the molecule is O=C(CN1C(=O)CN=C(c2ccccc2)c2c1sc1c2CCCC1)Nc1nccs1. The Bertz CT molecular complexity index is 1120. The van der Waals surface area contributed by atoms with E-state index in [1.165, 1.54) is 21.8 Å². The molecule has 2 amide bonds. The van der Waals surface area contributed by atoms with Crippen molar-refractivity contribution in [2.75, 3.05) is 23.3 Å². The number of thiophene rings is 1. The Morgan fingerprint density at radius 2 is 2.00 bits per heavy atom. The van der Waals surface area contributed by atoms with Crippen LogP contribution in [0.3, 0.4) is 0 Å². The average molecular weight is 437 g/mol. The molecule has 0 spiro atoms. The van der Waals surface area contributed by atoms with E-state index in [2.05, 4.69) is 10.3 Å². The Morgan fingerprint density at radius 3 is 2.80 bits per heavy atom. The lowest BCUT2D eigenvalue weighted by Crippen LogP contribution is -2.38. The van der Waals surface area contributed by atoms with Crippen LogP contribution in [0.15, 0.2) is 46.9 Å². The highest BCUT2D eigenvalue weighted by Crippen LogP contribution is 2.42. The Hall–Kier alpha value is -2.84. The Balaban J connectivity index is 1.56. The zero-order valence-corrected chi connectivity index (χ0v) is 17.9. The van der Waals surface area contributed by atoms with Gasteiger partial charge in [0.1, 0.15) is 18.1 Å². The van der Waals surface area contributed by atoms with E-state index < -0.39 is 0 Å². The van der Waals surface area contributed by atoms with Crippen LogP contribution < -0.4 is 10.2 Å². The highest BCUT2D eigenvalue weighted by atomic mass is 32.1. The monoisotopic (exact) mass is 436 g/mol. The number of anilines is 2.